The Labute approximate surface area is 121 Å². The van der Waals surface area contributed by atoms with Gasteiger partial charge in [0, 0.05) is 37.7 Å². The summed E-state index contributed by atoms with van der Waals surface area (Å²) in [5.74, 6) is 0.871. The predicted octanol–water partition coefficient (Wildman–Crippen LogP) is 1.48. The van der Waals surface area contributed by atoms with E-state index in [9.17, 15) is 0 Å². The molecule has 0 saturated heterocycles. The van der Waals surface area contributed by atoms with Crippen LogP contribution in [0.5, 0.6) is 0 Å². The molecule has 2 heterocycles. The maximum atomic E-state index is 5.48. The van der Waals surface area contributed by atoms with E-state index in [4.69, 9.17) is 9.15 Å². The Morgan fingerprint density at radius 1 is 1.45 bits per heavy atom. The van der Waals surface area contributed by atoms with Gasteiger partial charge in [0.1, 0.15) is 0 Å². The normalized spacial score (nSPS) is 12.5. The van der Waals surface area contributed by atoms with Crippen LogP contribution in [0.25, 0.3) is 0 Å². The second-order valence-corrected chi connectivity index (χ2v) is 5.25. The van der Waals surface area contributed by atoms with E-state index in [1.165, 1.54) is 0 Å². The number of rotatable bonds is 9. The SMILES string of the molecule is COCCNCc1nnc(NCC(C)c2nccs2)o1. The Kier molecular flexibility index (Phi) is 5.90. The van der Waals surface area contributed by atoms with E-state index in [1.807, 2.05) is 11.6 Å². The molecule has 0 aromatic carbocycles. The van der Waals surface area contributed by atoms with Crippen molar-refractivity contribution in [2.45, 2.75) is 19.4 Å². The summed E-state index contributed by atoms with van der Waals surface area (Å²) in [5.41, 5.74) is 0. The predicted molar refractivity (Wildman–Crippen MR) is 76.9 cm³/mol. The number of nitrogens with one attached hydrogen (secondary N) is 2. The number of hydrogen-bond acceptors (Lipinski definition) is 8. The minimum Gasteiger partial charge on any atom is -0.407 e. The summed E-state index contributed by atoms with van der Waals surface area (Å²) in [6.07, 6.45) is 1.81. The van der Waals surface area contributed by atoms with Gasteiger partial charge in [0.25, 0.3) is 0 Å². The highest BCUT2D eigenvalue weighted by atomic mass is 32.1. The number of anilines is 1. The Bertz CT molecular complexity index is 488. The molecule has 0 radical (unpaired) electrons. The second-order valence-electron chi connectivity index (χ2n) is 4.32. The monoisotopic (exact) mass is 297 g/mol. The molecule has 2 aromatic rings. The zero-order chi connectivity index (χ0) is 14.2. The van der Waals surface area contributed by atoms with E-state index in [2.05, 4.69) is 32.7 Å². The molecule has 2 rings (SSSR count). The lowest BCUT2D eigenvalue weighted by Gasteiger charge is -2.07. The molecular weight excluding hydrogens is 278 g/mol. The average Bonchev–Trinajstić information content (AvgIpc) is 3.12. The Hall–Kier alpha value is -1.51. The first kappa shape index (κ1) is 14.9. The van der Waals surface area contributed by atoms with E-state index in [0.29, 0.717) is 37.5 Å². The van der Waals surface area contributed by atoms with Crippen LogP contribution in [-0.4, -0.2) is 42.0 Å². The summed E-state index contributed by atoms with van der Waals surface area (Å²) in [5, 5.41) is 17.3. The molecule has 7 nitrogen and oxygen atoms in total. The van der Waals surface area contributed by atoms with Crippen LogP contribution in [0.1, 0.15) is 23.7 Å². The van der Waals surface area contributed by atoms with Crippen LogP contribution in [0.15, 0.2) is 16.0 Å². The standard InChI is InChI=1S/C12H19N5O2S/c1-9(11-14-4-6-20-11)7-15-12-17-16-10(19-12)8-13-3-5-18-2/h4,6,9,13H,3,5,7-8H2,1-2H3,(H,15,17). The zero-order valence-electron chi connectivity index (χ0n) is 11.6. The third-order valence-electron chi connectivity index (χ3n) is 2.66. The summed E-state index contributed by atoms with van der Waals surface area (Å²) >= 11 is 1.65. The van der Waals surface area contributed by atoms with Crippen molar-refractivity contribution in [1.29, 1.82) is 0 Å². The highest BCUT2D eigenvalue weighted by Gasteiger charge is 2.10. The van der Waals surface area contributed by atoms with E-state index >= 15 is 0 Å². The molecule has 1 atom stereocenters. The number of aromatic nitrogens is 3. The van der Waals surface area contributed by atoms with E-state index in [-0.39, 0.29) is 0 Å². The quantitative estimate of drug-likeness (QED) is 0.678. The number of hydrogen-bond donors (Lipinski definition) is 2. The summed E-state index contributed by atoms with van der Waals surface area (Å²) in [6.45, 7) is 4.77. The van der Waals surface area contributed by atoms with Gasteiger partial charge >= 0.3 is 6.01 Å². The van der Waals surface area contributed by atoms with Gasteiger partial charge < -0.3 is 19.8 Å². The van der Waals surface area contributed by atoms with E-state index in [1.54, 1.807) is 18.4 Å². The van der Waals surface area contributed by atoms with Gasteiger partial charge in [0.15, 0.2) is 0 Å². The third-order valence-corrected chi connectivity index (χ3v) is 3.67. The number of nitrogens with zero attached hydrogens (tertiary/aromatic N) is 3. The number of thiazole rings is 1. The molecule has 0 aliphatic rings. The summed E-state index contributed by atoms with van der Waals surface area (Å²) in [7, 11) is 1.67. The van der Waals surface area contributed by atoms with Crippen molar-refractivity contribution < 1.29 is 9.15 Å². The average molecular weight is 297 g/mol. The minimum absolute atomic E-state index is 0.310. The first-order valence-electron chi connectivity index (χ1n) is 6.45. The molecule has 0 saturated carbocycles. The topological polar surface area (TPSA) is 85.1 Å². The molecular formula is C12H19N5O2S. The summed E-state index contributed by atoms with van der Waals surface area (Å²) in [4.78, 5) is 4.28. The van der Waals surface area contributed by atoms with Gasteiger partial charge in [-0.25, -0.2) is 4.98 Å². The van der Waals surface area contributed by atoms with Gasteiger partial charge in [-0.2, -0.15) is 0 Å². The van der Waals surface area contributed by atoms with Gasteiger partial charge in [0.2, 0.25) is 5.89 Å². The van der Waals surface area contributed by atoms with Crippen LogP contribution in [0.4, 0.5) is 6.01 Å². The maximum absolute atomic E-state index is 5.48. The van der Waals surface area contributed by atoms with Crippen molar-refractivity contribution >= 4 is 17.4 Å². The first-order valence-corrected chi connectivity index (χ1v) is 7.33. The highest BCUT2D eigenvalue weighted by molar-refractivity contribution is 7.09. The van der Waals surface area contributed by atoms with Crippen LogP contribution >= 0.6 is 11.3 Å². The molecule has 8 heteroatoms. The summed E-state index contributed by atoms with van der Waals surface area (Å²) < 4.78 is 10.4. The van der Waals surface area contributed by atoms with Gasteiger partial charge in [-0.15, -0.1) is 16.4 Å². The molecule has 1 unspecified atom stereocenters. The van der Waals surface area contributed by atoms with Crippen molar-refractivity contribution in [3.8, 4) is 0 Å². The van der Waals surface area contributed by atoms with Crippen molar-refractivity contribution in [1.82, 2.24) is 20.5 Å². The van der Waals surface area contributed by atoms with Crippen molar-refractivity contribution in [2.24, 2.45) is 0 Å². The minimum atomic E-state index is 0.310. The molecule has 0 fully saturated rings. The molecule has 2 aromatic heterocycles. The number of ether oxygens (including phenoxy) is 1. The lowest BCUT2D eigenvalue weighted by Crippen LogP contribution is -2.18. The fraction of sp³-hybridized carbons (Fsp3) is 0.583. The Morgan fingerprint density at radius 3 is 3.10 bits per heavy atom. The van der Waals surface area contributed by atoms with Crippen LogP contribution < -0.4 is 10.6 Å². The Balaban J connectivity index is 1.72. The van der Waals surface area contributed by atoms with Crippen molar-refractivity contribution in [2.75, 3.05) is 32.1 Å². The van der Waals surface area contributed by atoms with Crippen LogP contribution in [0, 0.1) is 0 Å². The molecule has 2 N–H and O–H groups in total. The van der Waals surface area contributed by atoms with E-state index < -0.39 is 0 Å². The van der Waals surface area contributed by atoms with Crippen LogP contribution in [-0.2, 0) is 11.3 Å². The molecule has 110 valence electrons. The largest absolute Gasteiger partial charge is 0.407 e. The highest BCUT2D eigenvalue weighted by Crippen LogP contribution is 2.18. The van der Waals surface area contributed by atoms with Crippen LogP contribution in [0.2, 0.25) is 0 Å². The zero-order valence-corrected chi connectivity index (χ0v) is 12.4. The van der Waals surface area contributed by atoms with Crippen LogP contribution in [0.3, 0.4) is 0 Å². The maximum Gasteiger partial charge on any atom is 0.315 e. The van der Waals surface area contributed by atoms with Crippen molar-refractivity contribution in [3.63, 3.8) is 0 Å². The van der Waals surface area contributed by atoms with Gasteiger partial charge in [0.05, 0.1) is 18.2 Å². The fourth-order valence-corrected chi connectivity index (χ4v) is 2.27. The van der Waals surface area contributed by atoms with E-state index in [0.717, 1.165) is 11.6 Å². The van der Waals surface area contributed by atoms with Gasteiger partial charge in [-0.05, 0) is 0 Å². The molecule has 0 spiro atoms. The molecule has 0 aliphatic heterocycles. The Morgan fingerprint density at radius 2 is 2.35 bits per heavy atom. The lowest BCUT2D eigenvalue weighted by atomic mass is 10.2. The van der Waals surface area contributed by atoms with Gasteiger partial charge in [-0.3, -0.25) is 0 Å². The molecule has 0 aliphatic carbocycles. The second kappa shape index (κ2) is 7.93. The number of methoxy groups -OCH3 is 1. The van der Waals surface area contributed by atoms with Gasteiger partial charge in [-0.1, -0.05) is 12.0 Å². The first-order chi connectivity index (χ1) is 9.79. The fourth-order valence-electron chi connectivity index (χ4n) is 1.57. The lowest BCUT2D eigenvalue weighted by molar-refractivity contribution is 0.198. The smallest absolute Gasteiger partial charge is 0.315 e. The third kappa shape index (κ3) is 4.55. The molecule has 0 bridgehead atoms. The molecule has 20 heavy (non-hydrogen) atoms. The van der Waals surface area contributed by atoms with Crippen molar-refractivity contribution in [3.05, 3.63) is 22.5 Å². The summed E-state index contributed by atoms with van der Waals surface area (Å²) in [6, 6.07) is 0.442. The molecule has 0 amide bonds.